The van der Waals surface area contributed by atoms with E-state index in [0.29, 0.717) is 17.2 Å². The van der Waals surface area contributed by atoms with Gasteiger partial charge in [0, 0.05) is 47.2 Å². The Kier molecular flexibility index (Phi) is 4.56. The third-order valence-electron chi connectivity index (χ3n) is 6.31. The first-order valence-corrected chi connectivity index (χ1v) is 11.6. The summed E-state index contributed by atoms with van der Waals surface area (Å²) in [6, 6.07) is 7.70. The van der Waals surface area contributed by atoms with E-state index in [1.54, 1.807) is 43.4 Å². The Labute approximate surface area is 204 Å². The molecule has 7 rings (SSSR count). The molecule has 6 aromatic heterocycles. The molecule has 0 radical (unpaired) electrons. The van der Waals surface area contributed by atoms with Gasteiger partial charge in [-0.1, -0.05) is 0 Å². The number of hydrogen-bond donors (Lipinski definition) is 3. The number of aromatic amines is 2. The second kappa shape index (κ2) is 8.05. The molecule has 0 atom stereocenters. The van der Waals surface area contributed by atoms with Crippen LogP contribution < -0.4 is 5.32 Å². The molecule has 0 aromatic carbocycles. The summed E-state index contributed by atoms with van der Waals surface area (Å²) in [6.07, 6.45) is 14.1. The molecular weight excluding hydrogens is 454 g/mol. The van der Waals surface area contributed by atoms with Gasteiger partial charge in [0.25, 0.3) is 0 Å². The zero-order valence-corrected chi connectivity index (χ0v) is 18.9. The average Bonchev–Trinajstić information content (AvgIpc) is 3.55. The topological polar surface area (TPSA) is 138 Å². The number of hydrogen-bond acceptors (Lipinski definition) is 7. The molecular formula is C26H19N9O. The highest BCUT2D eigenvalue weighted by Crippen LogP contribution is 2.33. The third kappa shape index (κ3) is 3.56. The van der Waals surface area contributed by atoms with Crippen LogP contribution in [0.5, 0.6) is 0 Å². The van der Waals surface area contributed by atoms with Crippen LogP contribution in [0.2, 0.25) is 0 Å². The predicted molar refractivity (Wildman–Crippen MR) is 135 cm³/mol. The van der Waals surface area contributed by atoms with Crippen LogP contribution in [0.4, 0.5) is 5.69 Å². The smallest absolute Gasteiger partial charge is 0.227 e. The molecule has 0 spiro atoms. The fourth-order valence-electron chi connectivity index (χ4n) is 4.28. The van der Waals surface area contributed by atoms with Gasteiger partial charge in [-0.25, -0.2) is 4.98 Å². The van der Waals surface area contributed by atoms with Crippen LogP contribution in [0.1, 0.15) is 12.8 Å². The largest absolute Gasteiger partial charge is 0.335 e. The van der Waals surface area contributed by atoms with Gasteiger partial charge >= 0.3 is 0 Å². The van der Waals surface area contributed by atoms with E-state index in [1.165, 1.54) is 0 Å². The number of nitrogens with one attached hydrogen (secondary N) is 3. The van der Waals surface area contributed by atoms with E-state index in [2.05, 4.69) is 40.4 Å². The van der Waals surface area contributed by atoms with Crippen molar-refractivity contribution in [3.05, 3.63) is 67.6 Å². The van der Waals surface area contributed by atoms with E-state index in [-0.39, 0.29) is 11.8 Å². The Morgan fingerprint density at radius 1 is 0.917 bits per heavy atom. The van der Waals surface area contributed by atoms with Crippen molar-refractivity contribution in [2.75, 3.05) is 5.32 Å². The fraction of sp³-hybridized carbons (Fsp3) is 0.115. The summed E-state index contributed by atoms with van der Waals surface area (Å²) in [5.74, 6) is 0.787. The van der Waals surface area contributed by atoms with E-state index >= 15 is 0 Å². The highest BCUT2D eigenvalue weighted by molar-refractivity contribution is 5.98. The minimum absolute atomic E-state index is 0.0417. The molecule has 0 saturated heterocycles. The average molecular weight is 474 g/mol. The molecule has 1 aliphatic carbocycles. The first-order chi connectivity index (χ1) is 17.7. The molecule has 1 aliphatic rings. The number of fused-ring (bicyclic) bond motifs is 2. The summed E-state index contributed by atoms with van der Waals surface area (Å²) >= 11 is 0. The van der Waals surface area contributed by atoms with Crippen molar-refractivity contribution in [1.82, 2.24) is 40.1 Å². The van der Waals surface area contributed by atoms with Crippen LogP contribution in [0, 0.1) is 5.92 Å². The molecule has 6 heterocycles. The fourth-order valence-corrected chi connectivity index (χ4v) is 4.28. The second-order valence-corrected chi connectivity index (χ2v) is 8.82. The Hall–Kier alpha value is -4.99. The van der Waals surface area contributed by atoms with Gasteiger partial charge in [0.05, 0.1) is 46.5 Å². The molecule has 1 amide bonds. The molecule has 3 N–H and O–H groups in total. The molecule has 1 fully saturated rings. The summed E-state index contributed by atoms with van der Waals surface area (Å²) in [7, 11) is 0. The number of H-pyrrole nitrogens is 2. The highest BCUT2D eigenvalue weighted by Gasteiger charge is 2.29. The number of rotatable bonds is 5. The van der Waals surface area contributed by atoms with E-state index in [1.807, 2.05) is 24.3 Å². The summed E-state index contributed by atoms with van der Waals surface area (Å²) < 4.78 is 0. The summed E-state index contributed by atoms with van der Waals surface area (Å²) in [6.45, 7) is 0. The minimum atomic E-state index is 0.0417. The lowest BCUT2D eigenvalue weighted by atomic mass is 10.1. The Balaban J connectivity index is 1.28. The third-order valence-corrected chi connectivity index (χ3v) is 6.31. The van der Waals surface area contributed by atoms with Crippen molar-refractivity contribution in [2.45, 2.75) is 12.8 Å². The first kappa shape index (κ1) is 20.4. The maximum absolute atomic E-state index is 12.2. The monoisotopic (exact) mass is 473 g/mol. The van der Waals surface area contributed by atoms with Crippen molar-refractivity contribution in [1.29, 1.82) is 0 Å². The minimum Gasteiger partial charge on any atom is -0.335 e. The normalized spacial score (nSPS) is 13.3. The highest BCUT2D eigenvalue weighted by atomic mass is 16.2. The maximum Gasteiger partial charge on any atom is 0.227 e. The zero-order valence-electron chi connectivity index (χ0n) is 18.9. The molecule has 6 aromatic rings. The number of aromatic nitrogens is 8. The molecule has 10 heteroatoms. The summed E-state index contributed by atoms with van der Waals surface area (Å²) in [5.41, 5.74) is 7.16. The van der Waals surface area contributed by atoms with Crippen molar-refractivity contribution < 1.29 is 4.79 Å². The predicted octanol–water partition coefficient (Wildman–Crippen LogP) is 4.37. The number of nitrogens with zero attached hydrogens (tertiary/aromatic N) is 6. The van der Waals surface area contributed by atoms with Gasteiger partial charge < -0.3 is 10.3 Å². The van der Waals surface area contributed by atoms with E-state index in [9.17, 15) is 4.79 Å². The SMILES string of the molecule is O=C(Nc1cncc(-c2cc3c(-c4nc5c(-c6ccncc6)cncc5[nH]4)n[nH]c3cn2)c1)C1CC1. The number of amides is 1. The molecule has 36 heavy (non-hydrogen) atoms. The summed E-state index contributed by atoms with van der Waals surface area (Å²) in [5, 5.41) is 11.4. The first-order valence-electron chi connectivity index (χ1n) is 11.6. The number of anilines is 1. The Morgan fingerprint density at radius 2 is 1.78 bits per heavy atom. The zero-order chi connectivity index (χ0) is 24.1. The molecule has 0 unspecified atom stereocenters. The lowest BCUT2D eigenvalue weighted by molar-refractivity contribution is -0.117. The van der Waals surface area contributed by atoms with E-state index in [4.69, 9.17) is 4.98 Å². The van der Waals surface area contributed by atoms with Gasteiger partial charge in [-0.05, 0) is 42.7 Å². The maximum atomic E-state index is 12.2. The lowest BCUT2D eigenvalue weighted by Crippen LogP contribution is -2.13. The van der Waals surface area contributed by atoms with Gasteiger partial charge in [0.1, 0.15) is 5.69 Å². The number of carbonyl (C=O) groups is 1. The van der Waals surface area contributed by atoms with Gasteiger partial charge in [-0.15, -0.1) is 0 Å². The molecule has 0 aliphatic heterocycles. The molecule has 10 nitrogen and oxygen atoms in total. The van der Waals surface area contributed by atoms with E-state index < -0.39 is 0 Å². The van der Waals surface area contributed by atoms with Crippen molar-refractivity contribution >= 4 is 33.5 Å². The Bertz CT molecular complexity index is 1750. The van der Waals surface area contributed by atoms with E-state index in [0.717, 1.165) is 57.2 Å². The van der Waals surface area contributed by atoms with Gasteiger partial charge in [-0.3, -0.25) is 29.8 Å². The van der Waals surface area contributed by atoms with Crippen molar-refractivity contribution in [2.24, 2.45) is 5.92 Å². The van der Waals surface area contributed by atoms with Gasteiger partial charge in [0.2, 0.25) is 5.91 Å². The lowest BCUT2D eigenvalue weighted by Gasteiger charge is -2.06. The van der Waals surface area contributed by atoms with Gasteiger partial charge in [-0.2, -0.15) is 5.10 Å². The van der Waals surface area contributed by atoms with Gasteiger partial charge in [0.15, 0.2) is 5.82 Å². The number of pyridine rings is 4. The standard InChI is InChI=1S/C26H19N9O/c36-26(15-1-2-15)31-17-7-16(9-28-10-17)20-8-18-21(13-30-20)34-35-24(18)25-32-22-12-29-11-19(23(22)33-25)14-3-5-27-6-4-14/h3-13,15H,1-2H2,(H,31,36)(H,32,33)(H,34,35). The van der Waals surface area contributed by atoms with Crippen LogP contribution in [0.3, 0.4) is 0 Å². The molecule has 174 valence electrons. The second-order valence-electron chi connectivity index (χ2n) is 8.82. The van der Waals surface area contributed by atoms with Crippen LogP contribution in [0.15, 0.2) is 67.6 Å². The molecule has 0 bridgehead atoms. The van der Waals surface area contributed by atoms with Crippen molar-refractivity contribution in [3.8, 4) is 33.9 Å². The molecule has 1 saturated carbocycles. The number of carbonyl (C=O) groups excluding carboxylic acids is 1. The van der Waals surface area contributed by atoms with Crippen LogP contribution in [-0.2, 0) is 4.79 Å². The summed E-state index contributed by atoms with van der Waals surface area (Å²) in [4.78, 5) is 37.8. The van der Waals surface area contributed by atoms with Crippen LogP contribution in [0.25, 0.3) is 55.8 Å². The van der Waals surface area contributed by atoms with Crippen LogP contribution >= 0.6 is 0 Å². The number of imidazole rings is 1. The quantitative estimate of drug-likeness (QED) is 0.338. The Morgan fingerprint density at radius 3 is 2.64 bits per heavy atom. The van der Waals surface area contributed by atoms with Crippen molar-refractivity contribution in [3.63, 3.8) is 0 Å². The van der Waals surface area contributed by atoms with Crippen LogP contribution in [-0.4, -0.2) is 46.0 Å².